The van der Waals surface area contributed by atoms with E-state index < -0.39 is 4.87 Å². The Labute approximate surface area is 205 Å². The average Bonchev–Trinajstić information content (AvgIpc) is 3.35. The van der Waals surface area contributed by atoms with Gasteiger partial charge in [0.15, 0.2) is 4.87 Å². The van der Waals surface area contributed by atoms with Crippen molar-refractivity contribution in [2.45, 2.75) is 39.1 Å². The van der Waals surface area contributed by atoms with Gasteiger partial charge < -0.3 is 10.2 Å². The molecule has 0 saturated carbocycles. The first kappa shape index (κ1) is 22.5. The van der Waals surface area contributed by atoms with Gasteiger partial charge in [0.2, 0.25) is 0 Å². The van der Waals surface area contributed by atoms with Gasteiger partial charge in [0.05, 0.1) is 12.2 Å². The number of hydrogen-bond donors (Lipinski definition) is 1. The van der Waals surface area contributed by atoms with Gasteiger partial charge in [-0.1, -0.05) is 53.6 Å². The monoisotopic (exact) mass is 471 g/mol. The topological polar surface area (TPSA) is 52.7 Å². The minimum Gasteiger partial charge on any atom is -0.308 e. The Morgan fingerprint density at radius 3 is 2.41 bits per heavy atom. The molecule has 5 nitrogen and oxygen atoms in total. The van der Waals surface area contributed by atoms with Crippen LogP contribution in [0.25, 0.3) is 0 Å². The molecule has 1 fully saturated rings. The molecule has 3 amide bonds. The predicted molar refractivity (Wildman–Crippen MR) is 139 cm³/mol. The van der Waals surface area contributed by atoms with Crippen LogP contribution in [0.5, 0.6) is 0 Å². The Morgan fingerprint density at radius 1 is 0.941 bits per heavy atom. The van der Waals surface area contributed by atoms with Crippen LogP contribution in [-0.4, -0.2) is 29.1 Å². The van der Waals surface area contributed by atoms with Crippen LogP contribution in [0.4, 0.5) is 16.2 Å². The standard InChI is InChI=1S/C28H29N3O2S/c1-18-5-9-22(10-6-18)17-30-25-12-7-19(2)15-24(25)28(26(30)32)31(13-14-34-28)27(33)29-23-11-8-20(3)21(4)16-23/h5-12,15-16H,13-14,17H2,1-4H3,(H,29,33)/t28-/m0/s1. The van der Waals surface area contributed by atoms with Gasteiger partial charge in [-0.05, 0) is 62.6 Å². The number of thioether (sulfide) groups is 1. The molecule has 6 heteroatoms. The second-order valence-corrected chi connectivity index (χ2v) is 10.6. The van der Waals surface area contributed by atoms with Gasteiger partial charge in [0, 0.05) is 23.5 Å². The molecule has 3 aromatic rings. The van der Waals surface area contributed by atoms with Gasteiger partial charge in [0.25, 0.3) is 5.91 Å². The molecule has 2 aliphatic rings. The van der Waals surface area contributed by atoms with Crippen LogP contribution in [0.2, 0.25) is 0 Å². The van der Waals surface area contributed by atoms with Gasteiger partial charge in [-0.2, -0.15) is 0 Å². The summed E-state index contributed by atoms with van der Waals surface area (Å²) in [4.78, 5) is 30.2. The van der Waals surface area contributed by atoms with E-state index in [0.717, 1.165) is 33.6 Å². The van der Waals surface area contributed by atoms with Crippen LogP contribution in [0.1, 0.15) is 33.4 Å². The van der Waals surface area contributed by atoms with Crippen molar-refractivity contribution in [1.29, 1.82) is 0 Å². The summed E-state index contributed by atoms with van der Waals surface area (Å²) in [5.41, 5.74) is 8.15. The fraction of sp³-hybridized carbons (Fsp3) is 0.286. The zero-order valence-corrected chi connectivity index (χ0v) is 20.8. The van der Waals surface area contributed by atoms with Crippen LogP contribution >= 0.6 is 11.8 Å². The van der Waals surface area contributed by atoms with Crippen molar-refractivity contribution >= 4 is 35.1 Å². The lowest BCUT2D eigenvalue weighted by atomic mass is 10.0. The Kier molecular flexibility index (Phi) is 5.64. The SMILES string of the molecule is Cc1ccc(CN2C(=O)[C@@]3(SCCN3C(=O)Nc3ccc(C)c(C)c3)c3cc(C)ccc32)cc1. The molecule has 1 saturated heterocycles. The highest BCUT2D eigenvalue weighted by Gasteiger charge is 2.59. The van der Waals surface area contributed by atoms with Crippen LogP contribution in [-0.2, 0) is 16.2 Å². The third-order valence-corrected chi connectivity index (χ3v) is 8.23. The minimum atomic E-state index is -1.05. The summed E-state index contributed by atoms with van der Waals surface area (Å²) in [6.45, 7) is 9.15. The molecule has 5 rings (SSSR count). The molecule has 0 aromatic heterocycles. The summed E-state index contributed by atoms with van der Waals surface area (Å²) in [7, 11) is 0. The average molecular weight is 472 g/mol. The second kappa shape index (κ2) is 8.51. The van der Waals surface area contributed by atoms with E-state index in [2.05, 4.69) is 42.6 Å². The summed E-state index contributed by atoms with van der Waals surface area (Å²) >= 11 is 1.56. The number of nitrogens with one attached hydrogen (secondary N) is 1. The maximum atomic E-state index is 14.1. The fourth-order valence-electron chi connectivity index (χ4n) is 4.77. The third kappa shape index (κ3) is 3.66. The van der Waals surface area contributed by atoms with Crippen LogP contribution in [0, 0.1) is 27.7 Å². The number of amides is 3. The number of carbonyl (C=O) groups excluding carboxylic acids is 2. The molecule has 1 atom stereocenters. The van der Waals surface area contributed by atoms with Crippen molar-refractivity contribution in [3.05, 3.63) is 94.0 Å². The zero-order valence-electron chi connectivity index (χ0n) is 20.0. The number of carbonyl (C=O) groups is 2. The van der Waals surface area contributed by atoms with Crippen LogP contribution < -0.4 is 10.2 Å². The highest BCUT2D eigenvalue weighted by molar-refractivity contribution is 8.01. The third-order valence-electron chi connectivity index (χ3n) is 6.81. The minimum absolute atomic E-state index is 0.0496. The smallest absolute Gasteiger partial charge is 0.308 e. The first-order valence-electron chi connectivity index (χ1n) is 11.6. The second-order valence-electron chi connectivity index (χ2n) is 9.27. The molecule has 1 spiro atoms. The lowest BCUT2D eigenvalue weighted by Gasteiger charge is -2.33. The highest BCUT2D eigenvalue weighted by Crippen LogP contribution is 2.54. The van der Waals surface area contributed by atoms with E-state index in [1.165, 1.54) is 11.1 Å². The van der Waals surface area contributed by atoms with Gasteiger partial charge in [-0.3, -0.25) is 9.69 Å². The Balaban J connectivity index is 1.52. The van der Waals surface area contributed by atoms with E-state index in [1.807, 2.05) is 56.0 Å². The highest BCUT2D eigenvalue weighted by atomic mass is 32.2. The van der Waals surface area contributed by atoms with Gasteiger partial charge in [0.1, 0.15) is 0 Å². The molecule has 34 heavy (non-hydrogen) atoms. The number of urea groups is 1. The number of fused-ring (bicyclic) bond motifs is 2. The van der Waals surface area contributed by atoms with E-state index >= 15 is 0 Å². The maximum Gasteiger partial charge on any atom is 0.323 e. The summed E-state index contributed by atoms with van der Waals surface area (Å²) in [6.07, 6.45) is 0. The molecule has 0 bridgehead atoms. The molecule has 174 valence electrons. The fourth-order valence-corrected chi connectivity index (χ4v) is 6.22. The lowest BCUT2D eigenvalue weighted by molar-refractivity contribution is -0.123. The number of hydrogen-bond acceptors (Lipinski definition) is 3. The quantitative estimate of drug-likeness (QED) is 0.517. The Bertz CT molecular complexity index is 1290. The molecule has 2 aliphatic heterocycles. The largest absolute Gasteiger partial charge is 0.323 e. The first-order valence-corrected chi connectivity index (χ1v) is 12.6. The molecule has 0 radical (unpaired) electrons. The van der Waals surface area contributed by atoms with Gasteiger partial charge >= 0.3 is 6.03 Å². The van der Waals surface area contributed by atoms with Crippen molar-refractivity contribution in [1.82, 2.24) is 4.90 Å². The summed E-state index contributed by atoms with van der Waals surface area (Å²) in [5.74, 6) is 0.657. The number of nitrogens with zero attached hydrogens (tertiary/aromatic N) is 2. The number of rotatable bonds is 3. The van der Waals surface area contributed by atoms with Crippen molar-refractivity contribution in [2.24, 2.45) is 0 Å². The van der Waals surface area contributed by atoms with Crippen molar-refractivity contribution in [2.75, 3.05) is 22.5 Å². The van der Waals surface area contributed by atoms with E-state index in [4.69, 9.17) is 0 Å². The summed E-state index contributed by atoms with van der Waals surface area (Å²) < 4.78 is 0. The van der Waals surface area contributed by atoms with E-state index in [1.54, 1.807) is 16.7 Å². The molecule has 3 aromatic carbocycles. The van der Waals surface area contributed by atoms with Crippen molar-refractivity contribution in [3.63, 3.8) is 0 Å². The Morgan fingerprint density at radius 2 is 1.68 bits per heavy atom. The van der Waals surface area contributed by atoms with Crippen molar-refractivity contribution < 1.29 is 9.59 Å². The molecule has 0 unspecified atom stereocenters. The van der Waals surface area contributed by atoms with Crippen LogP contribution in [0.15, 0.2) is 60.7 Å². The number of anilines is 2. The van der Waals surface area contributed by atoms with E-state index in [-0.39, 0.29) is 11.9 Å². The van der Waals surface area contributed by atoms with Gasteiger partial charge in [-0.15, -0.1) is 11.8 Å². The van der Waals surface area contributed by atoms with E-state index in [0.29, 0.717) is 18.8 Å². The zero-order chi connectivity index (χ0) is 24.0. The lowest BCUT2D eigenvalue weighted by Crippen LogP contribution is -2.51. The summed E-state index contributed by atoms with van der Waals surface area (Å²) in [6, 6.07) is 20.0. The van der Waals surface area contributed by atoms with E-state index in [9.17, 15) is 9.59 Å². The molecule has 0 aliphatic carbocycles. The molecule has 1 N–H and O–H groups in total. The number of aryl methyl sites for hydroxylation is 4. The van der Waals surface area contributed by atoms with Crippen LogP contribution in [0.3, 0.4) is 0 Å². The molecule has 2 heterocycles. The molecular formula is C28H29N3O2S. The normalized spacial score (nSPS) is 19.1. The molecular weight excluding hydrogens is 442 g/mol. The predicted octanol–water partition coefficient (Wildman–Crippen LogP) is 5.90. The van der Waals surface area contributed by atoms with Crippen molar-refractivity contribution in [3.8, 4) is 0 Å². The maximum absolute atomic E-state index is 14.1. The first-order chi connectivity index (χ1) is 16.3. The van der Waals surface area contributed by atoms with Gasteiger partial charge in [-0.25, -0.2) is 4.79 Å². The Hall–Kier alpha value is -3.25. The summed E-state index contributed by atoms with van der Waals surface area (Å²) in [5, 5.41) is 3.04. The number of benzene rings is 3.